The van der Waals surface area contributed by atoms with Crippen LogP contribution in [0.1, 0.15) is 258 Å². The van der Waals surface area contributed by atoms with Crippen molar-refractivity contribution in [3.63, 3.8) is 0 Å². The quantitative estimate of drug-likeness (QED) is 0.0332. The van der Waals surface area contributed by atoms with E-state index in [9.17, 15) is 30.3 Å². The van der Waals surface area contributed by atoms with E-state index in [0.717, 1.165) is 38.5 Å². The van der Waals surface area contributed by atoms with Crippen molar-refractivity contribution in [1.82, 2.24) is 5.32 Å². The van der Waals surface area contributed by atoms with Gasteiger partial charge in [-0.3, -0.25) is 4.79 Å². The van der Waals surface area contributed by atoms with Gasteiger partial charge in [-0.2, -0.15) is 0 Å². The number of hydrogen-bond donors (Lipinski definition) is 6. The van der Waals surface area contributed by atoms with Gasteiger partial charge in [0, 0.05) is 6.42 Å². The van der Waals surface area contributed by atoms with Crippen molar-refractivity contribution < 1.29 is 39.8 Å². The third kappa shape index (κ3) is 31.6. The Kier molecular flexibility index (Phi) is 39.3. The number of unbranched alkanes of at least 4 members (excludes halogenated alkanes) is 34. The molecular weight excluding hydrogens is 743 g/mol. The number of aliphatic hydroxyl groups is 5. The molecule has 0 aromatic carbocycles. The van der Waals surface area contributed by atoms with E-state index in [0.29, 0.717) is 12.8 Å². The van der Waals surface area contributed by atoms with Gasteiger partial charge in [0.2, 0.25) is 5.91 Å². The van der Waals surface area contributed by atoms with Gasteiger partial charge in [0.05, 0.1) is 25.4 Å². The Bertz CT molecular complexity index is 893. The highest BCUT2D eigenvalue weighted by molar-refractivity contribution is 5.76. The number of ether oxygens (including phenoxy) is 2. The van der Waals surface area contributed by atoms with Crippen LogP contribution in [-0.2, 0) is 14.3 Å². The average molecular weight is 842 g/mol. The molecule has 59 heavy (non-hydrogen) atoms. The first-order chi connectivity index (χ1) is 28.8. The summed E-state index contributed by atoms with van der Waals surface area (Å²) in [5.41, 5.74) is 0. The number of aliphatic hydroxyl groups excluding tert-OH is 5. The van der Waals surface area contributed by atoms with Crippen LogP contribution < -0.4 is 5.32 Å². The minimum atomic E-state index is -1.55. The van der Waals surface area contributed by atoms with E-state index in [4.69, 9.17) is 9.47 Å². The van der Waals surface area contributed by atoms with Crippen LogP contribution in [0.5, 0.6) is 0 Å². The molecule has 7 atom stereocenters. The molecular formula is C50H99NO8. The van der Waals surface area contributed by atoms with Gasteiger partial charge in [0.15, 0.2) is 6.29 Å². The lowest BCUT2D eigenvalue weighted by Crippen LogP contribution is -2.60. The van der Waals surface area contributed by atoms with Crippen molar-refractivity contribution in [1.29, 1.82) is 0 Å². The largest absolute Gasteiger partial charge is 0.394 e. The number of rotatable bonds is 44. The molecule has 1 amide bonds. The van der Waals surface area contributed by atoms with Crippen LogP contribution in [-0.4, -0.2) is 87.5 Å². The topological polar surface area (TPSA) is 149 Å². The number of amides is 1. The Morgan fingerprint density at radius 2 is 0.847 bits per heavy atom. The molecule has 0 aromatic rings. The summed E-state index contributed by atoms with van der Waals surface area (Å²) in [4.78, 5) is 13.0. The van der Waals surface area contributed by atoms with E-state index in [1.54, 1.807) is 0 Å². The second-order valence-corrected chi connectivity index (χ2v) is 18.3. The van der Waals surface area contributed by atoms with Crippen molar-refractivity contribution in [3.05, 3.63) is 0 Å². The molecule has 0 bridgehead atoms. The fourth-order valence-corrected chi connectivity index (χ4v) is 8.58. The molecule has 0 spiro atoms. The maximum Gasteiger partial charge on any atom is 0.220 e. The van der Waals surface area contributed by atoms with Crippen molar-refractivity contribution in [2.24, 2.45) is 0 Å². The van der Waals surface area contributed by atoms with E-state index in [1.165, 1.54) is 193 Å². The van der Waals surface area contributed by atoms with Crippen LogP contribution >= 0.6 is 0 Å². The van der Waals surface area contributed by atoms with Gasteiger partial charge in [-0.05, 0) is 12.8 Å². The molecule has 0 saturated carbocycles. The summed E-state index contributed by atoms with van der Waals surface area (Å²) < 4.78 is 11.3. The molecule has 352 valence electrons. The summed E-state index contributed by atoms with van der Waals surface area (Å²) in [6.45, 7) is 3.87. The summed E-state index contributed by atoms with van der Waals surface area (Å²) in [5.74, 6) is -0.138. The molecule has 9 nitrogen and oxygen atoms in total. The zero-order chi connectivity index (χ0) is 43.0. The van der Waals surface area contributed by atoms with E-state index in [2.05, 4.69) is 19.2 Å². The fraction of sp³-hybridized carbons (Fsp3) is 0.980. The van der Waals surface area contributed by atoms with Gasteiger partial charge in [-0.15, -0.1) is 0 Å². The van der Waals surface area contributed by atoms with E-state index < -0.39 is 49.5 Å². The summed E-state index contributed by atoms with van der Waals surface area (Å²) in [6.07, 6.45) is 39.7. The van der Waals surface area contributed by atoms with Gasteiger partial charge >= 0.3 is 0 Å². The summed E-state index contributed by atoms with van der Waals surface area (Å²) >= 11 is 0. The van der Waals surface area contributed by atoms with Crippen LogP contribution in [0.3, 0.4) is 0 Å². The number of hydrogen-bond acceptors (Lipinski definition) is 8. The summed E-state index contributed by atoms with van der Waals surface area (Å²) in [5, 5.41) is 54.5. The van der Waals surface area contributed by atoms with Gasteiger partial charge in [-0.25, -0.2) is 0 Å². The Morgan fingerprint density at radius 1 is 0.508 bits per heavy atom. The minimum Gasteiger partial charge on any atom is -0.394 e. The Hall–Kier alpha value is -0.810. The van der Waals surface area contributed by atoms with Crippen molar-refractivity contribution in [2.75, 3.05) is 13.2 Å². The molecule has 1 aliphatic heterocycles. The van der Waals surface area contributed by atoms with Gasteiger partial charge in [0.25, 0.3) is 0 Å². The molecule has 0 aliphatic carbocycles. The molecule has 0 aromatic heterocycles. The van der Waals surface area contributed by atoms with Crippen molar-refractivity contribution >= 4 is 5.91 Å². The first kappa shape index (κ1) is 56.2. The predicted octanol–water partition coefficient (Wildman–Crippen LogP) is 11.5. The smallest absolute Gasteiger partial charge is 0.220 e. The highest BCUT2D eigenvalue weighted by Crippen LogP contribution is 2.23. The third-order valence-electron chi connectivity index (χ3n) is 12.7. The highest BCUT2D eigenvalue weighted by atomic mass is 16.7. The zero-order valence-corrected chi connectivity index (χ0v) is 38.8. The maximum absolute atomic E-state index is 13.0. The number of carbonyl (C=O) groups is 1. The Labute approximate surface area is 364 Å². The predicted molar refractivity (Wildman–Crippen MR) is 244 cm³/mol. The molecule has 1 rings (SSSR count). The second kappa shape index (κ2) is 41.2. The molecule has 1 aliphatic rings. The second-order valence-electron chi connectivity index (χ2n) is 18.3. The van der Waals surface area contributed by atoms with Crippen molar-refractivity contribution in [2.45, 2.75) is 301 Å². The number of nitrogens with one attached hydrogen (secondary N) is 1. The standard InChI is InChI=1S/C50H99NO8/c1-3-5-7-9-11-13-15-17-19-21-22-23-24-26-28-30-32-34-36-38-40-46(54)51-43(42-58-50-49(57)48(56)47(55)45(41-52)59-50)44(53)39-37-35-33-31-29-27-25-20-18-16-14-12-10-8-6-4-2/h43-45,47-50,52-53,55-57H,3-42H2,1-2H3,(H,51,54). The van der Waals surface area contributed by atoms with E-state index in [1.807, 2.05) is 0 Å². The minimum absolute atomic E-state index is 0.131. The van der Waals surface area contributed by atoms with Crippen LogP contribution in [0.25, 0.3) is 0 Å². The normalized spacial score (nSPS) is 20.6. The molecule has 1 heterocycles. The van der Waals surface area contributed by atoms with Crippen LogP contribution in [0.2, 0.25) is 0 Å². The van der Waals surface area contributed by atoms with E-state index in [-0.39, 0.29) is 12.5 Å². The lowest BCUT2D eigenvalue weighted by Gasteiger charge is -2.40. The van der Waals surface area contributed by atoms with Crippen molar-refractivity contribution in [3.8, 4) is 0 Å². The lowest BCUT2D eigenvalue weighted by molar-refractivity contribution is -0.302. The molecule has 1 fully saturated rings. The van der Waals surface area contributed by atoms with Gasteiger partial charge in [0.1, 0.15) is 24.4 Å². The Morgan fingerprint density at radius 3 is 1.20 bits per heavy atom. The molecule has 1 saturated heterocycles. The monoisotopic (exact) mass is 842 g/mol. The highest BCUT2D eigenvalue weighted by Gasteiger charge is 2.44. The molecule has 0 radical (unpaired) electrons. The maximum atomic E-state index is 13.0. The van der Waals surface area contributed by atoms with Gasteiger partial charge < -0.3 is 40.3 Å². The van der Waals surface area contributed by atoms with E-state index >= 15 is 0 Å². The van der Waals surface area contributed by atoms with Crippen LogP contribution in [0.4, 0.5) is 0 Å². The third-order valence-corrected chi connectivity index (χ3v) is 12.7. The molecule has 9 heteroatoms. The SMILES string of the molecule is CCCCCCCCCCCCCCCCCCCCCCC(=O)NC(COC1OC(CO)C(O)C(O)C1O)C(O)CCCCCCCCCCCCCCCCCC. The summed E-state index contributed by atoms with van der Waals surface area (Å²) in [6, 6.07) is -0.712. The first-order valence-corrected chi connectivity index (χ1v) is 25.7. The molecule has 7 unspecified atom stereocenters. The molecule has 6 N–H and O–H groups in total. The van der Waals surface area contributed by atoms with Crippen LogP contribution in [0, 0.1) is 0 Å². The zero-order valence-electron chi connectivity index (χ0n) is 38.8. The Balaban J connectivity index is 2.25. The number of carbonyl (C=O) groups excluding carboxylic acids is 1. The first-order valence-electron chi connectivity index (χ1n) is 25.7. The summed E-state index contributed by atoms with van der Waals surface area (Å²) in [7, 11) is 0. The average Bonchev–Trinajstić information content (AvgIpc) is 3.23. The fourth-order valence-electron chi connectivity index (χ4n) is 8.58. The van der Waals surface area contributed by atoms with Crippen LogP contribution in [0.15, 0.2) is 0 Å². The van der Waals surface area contributed by atoms with Gasteiger partial charge in [-0.1, -0.05) is 239 Å². The lowest BCUT2D eigenvalue weighted by atomic mass is 9.99.